The number of ether oxygens (including phenoxy) is 1. The molecule has 1 amide bonds. The number of carbonyl (C=O) groups is 1. The number of hydrogen-bond donors (Lipinski definition) is 1. The van der Waals surface area contributed by atoms with Gasteiger partial charge in [-0.1, -0.05) is 12.1 Å². The fourth-order valence-electron chi connectivity index (χ4n) is 2.63. The predicted molar refractivity (Wildman–Crippen MR) is 94.4 cm³/mol. The zero-order valence-electron chi connectivity index (χ0n) is 14.0. The van der Waals surface area contributed by atoms with Crippen molar-refractivity contribution in [3.05, 3.63) is 59.8 Å². The van der Waals surface area contributed by atoms with Crippen molar-refractivity contribution in [2.45, 2.75) is 19.9 Å². The molecule has 0 aliphatic carbocycles. The molecule has 24 heavy (non-hydrogen) atoms. The van der Waals surface area contributed by atoms with Crippen molar-refractivity contribution in [2.24, 2.45) is 0 Å². The van der Waals surface area contributed by atoms with E-state index < -0.39 is 0 Å². The largest absolute Gasteiger partial charge is 0.497 e. The lowest BCUT2D eigenvalue weighted by atomic mass is 10.2. The molecule has 0 radical (unpaired) electrons. The molecular weight excluding hydrogens is 302 g/mol. The van der Waals surface area contributed by atoms with Crippen LogP contribution in [-0.4, -0.2) is 29.3 Å². The lowest BCUT2D eigenvalue weighted by Gasteiger charge is -2.07. The summed E-state index contributed by atoms with van der Waals surface area (Å²) >= 11 is 0. The molecule has 0 bridgehead atoms. The Morgan fingerprint density at radius 3 is 2.75 bits per heavy atom. The third-order valence-electron chi connectivity index (χ3n) is 3.98. The molecule has 5 heteroatoms. The van der Waals surface area contributed by atoms with Crippen LogP contribution < -0.4 is 10.1 Å². The molecule has 0 aliphatic heterocycles. The Kier molecular flexibility index (Phi) is 4.79. The first kappa shape index (κ1) is 16.1. The minimum Gasteiger partial charge on any atom is -0.497 e. The number of nitrogens with zero attached hydrogens (tertiary/aromatic N) is 2. The maximum Gasteiger partial charge on any atom is 0.251 e. The molecule has 0 aliphatic rings. The van der Waals surface area contributed by atoms with Gasteiger partial charge in [-0.15, -0.1) is 0 Å². The monoisotopic (exact) mass is 323 g/mol. The zero-order chi connectivity index (χ0) is 16.9. The van der Waals surface area contributed by atoms with E-state index in [4.69, 9.17) is 4.74 Å². The van der Waals surface area contributed by atoms with E-state index in [1.165, 1.54) is 5.56 Å². The van der Waals surface area contributed by atoms with Crippen LogP contribution in [0.4, 0.5) is 0 Å². The molecule has 0 saturated carbocycles. The van der Waals surface area contributed by atoms with Crippen molar-refractivity contribution < 1.29 is 9.53 Å². The maximum atomic E-state index is 12.1. The van der Waals surface area contributed by atoms with Crippen LogP contribution in [0.2, 0.25) is 0 Å². The van der Waals surface area contributed by atoms with Gasteiger partial charge >= 0.3 is 0 Å². The van der Waals surface area contributed by atoms with Crippen LogP contribution in [0.25, 0.3) is 10.9 Å². The van der Waals surface area contributed by atoms with E-state index in [9.17, 15) is 4.79 Å². The molecule has 3 rings (SSSR count). The van der Waals surface area contributed by atoms with Crippen molar-refractivity contribution in [3.63, 3.8) is 0 Å². The maximum absolute atomic E-state index is 12.1. The minimum atomic E-state index is -0.0705. The quantitative estimate of drug-likeness (QED) is 0.709. The Bertz CT molecular complexity index is 837. The first-order valence-corrected chi connectivity index (χ1v) is 8.02. The van der Waals surface area contributed by atoms with Gasteiger partial charge in [0.2, 0.25) is 0 Å². The molecule has 124 valence electrons. The smallest absolute Gasteiger partial charge is 0.251 e. The Labute approximate surface area is 141 Å². The van der Waals surface area contributed by atoms with E-state index >= 15 is 0 Å². The Morgan fingerprint density at radius 1 is 1.21 bits per heavy atom. The molecule has 3 aromatic rings. The highest BCUT2D eigenvalue weighted by molar-refractivity contribution is 5.94. The summed E-state index contributed by atoms with van der Waals surface area (Å²) in [5, 5.41) is 8.50. The second kappa shape index (κ2) is 7.17. The minimum absolute atomic E-state index is 0.0705. The first-order valence-electron chi connectivity index (χ1n) is 8.02. The average Bonchev–Trinajstić information content (AvgIpc) is 3.00. The van der Waals surface area contributed by atoms with Gasteiger partial charge in [-0.2, -0.15) is 5.10 Å². The molecule has 0 fully saturated rings. The van der Waals surface area contributed by atoms with Crippen molar-refractivity contribution in [3.8, 4) is 5.75 Å². The third-order valence-corrected chi connectivity index (χ3v) is 3.98. The van der Waals surface area contributed by atoms with Gasteiger partial charge < -0.3 is 10.1 Å². The standard InChI is InChI=1S/C19H21N3O2/c1-14-4-5-16-13-21-22(18(16)12-14)11-3-10-20-19(23)15-6-8-17(24-2)9-7-15/h4-9,12-13H,3,10-11H2,1-2H3,(H,20,23). The zero-order valence-corrected chi connectivity index (χ0v) is 14.0. The second-order valence-corrected chi connectivity index (χ2v) is 5.77. The van der Waals surface area contributed by atoms with Crippen LogP contribution in [0.15, 0.2) is 48.7 Å². The molecule has 5 nitrogen and oxygen atoms in total. The summed E-state index contributed by atoms with van der Waals surface area (Å²) in [5.74, 6) is 0.672. The number of hydrogen-bond acceptors (Lipinski definition) is 3. The number of methoxy groups -OCH3 is 1. The van der Waals surface area contributed by atoms with Crippen molar-refractivity contribution in [1.82, 2.24) is 15.1 Å². The molecule has 0 spiro atoms. The van der Waals surface area contributed by atoms with Gasteiger partial charge in [0.05, 0.1) is 18.8 Å². The number of aryl methyl sites for hydroxylation is 2. The number of amides is 1. The second-order valence-electron chi connectivity index (χ2n) is 5.77. The van der Waals surface area contributed by atoms with Crippen LogP contribution in [-0.2, 0) is 6.54 Å². The topological polar surface area (TPSA) is 56.1 Å². The molecule has 0 saturated heterocycles. The Morgan fingerprint density at radius 2 is 2.00 bits per heavy atom. The Balaban J connectivity index is 1.52. The van der Waals surface area contributed by atoms with Crippen molar-refractivity contribution in [2.75, 3.05) is 13.7 Å². The van der Waals surface area contributed by atoms with Gasteiger partial charge in [0.1, 0.15) is 5.75 Å². The number of aromatic nitrogens is 2. The van der Waals surface area contributed by atoms with Crippen LogP contribution >= 0.6 is 0 Å². The lowest BCUT2D eigenvalue weighted by Crippen LogP contribution is -2.25. The third kappa shape index (κ3) is 3.56. The average molecular weight is 323 g/mol. The van der Waals surface area contributed by atoms with Crippen LogP contribution in [0.5, 0.6) is 5.75 Å². The molecule has 0 unspecified atom stereocenters. The Hall–Kier alpha value is -2.82. The van der Waals surface area contributed by atoms with Crippen LogP contribution in [0, 0.1) is 6.92 Å². The lowest BCUT2D eigenvalue weighted by molar-refractivity contribution is 0.0952. The highest BCUT2D eigenvalue weighted by Crippen LogP contribution is 2.15. The van der Waals surface area contributed by atoms with E-state index in [-0.39, 0.29) is 5.91 Å². The summed E-state index contributed by atoms with van der Waals surface area (Å²) < 4.78 is 7.08. The summed E-state index contributed by atoms with van der Waals surface area (Å²) in [6.45, 7) is 3.46. The van der Waals surface area contributed by atoms with E-state index in [2.05, 4.69) is 35.5 Å². The van der Waals surface area contributed by atoms with Crippen molar-refractivity contribution in [1.29, 1.82) is 0 Å². The summed E-state index contributed by atoms with van der Waals surface area (Å²) in [7, 11) is 1.61. The molecule has 1 N–H and O–H groups in total. The highest BCUT2D eigenvalue weighted by Gasteiger charge is 2.06. The van der Waals surface area contributed by atoms with Crippen molar-refractivity contribution >= 4 is 16.8 Å². The van der Waals surface area contributed by atoms with Gasteiger partial charge in [0.15, 0.2) is 0 Å². The number of benzene rings is 2. The molecular formula is C19H21N3O2. The van der Waals surface area contributed by atoms with E-state index in [1.54, 1.807) is 31.4 Å². The SMILES string of the molecule is COc1ccc(C(=O)NCCCn2ncc3ccc(C)cc32)cc1. The van der Waals surface area contributed by atoms with E-state index in [0.717, 1.165) is 29.6 Å². The van der Waals surface area contributed by atoms with Crippen LogP contribution in [0.1, 0.15) is 22.3 Å². The van der Waals surface area contributed by atoms with Gasteiger partial charge in [0.25, 0.3) is 5.91 Å². The van der Waals surface area contributed by atoms with Gasteiger partial charge in [-0.25, -0.2) is 0 Å². The van der Waals surface area contributed by atoms with Gasteiger partial charge in [-0.3, -0.25) is 9.48 Å². The fraction of sp³-hybridized carbons (Fsp3) is 0.263. The summed E-state index contributed by atoms with van der Waals surface area (Å²) in [5.41, 5.74) is 2.99. The van der Waals surface area contributed by atoms with Gasteiger partial charge in [0, 0.05) is 24.0 Å². The summed E-state index contributed by atoms with van der Waals surface area (Å²) in [6.07, 6.45) is 2.71. The highest BCUT2D eigenvalue weighted by atomic mass is 16.5. The molecule has 0 atom stereocenters. The van der Waals surface area contributed by atoms with E-state index in [1.807, 2.05) is 10.9 Å². The summed E-state index contributed by atoms with van der Waals surface area (Å²) in [6, 6.07) is 13.4. The molecule has 1 heterocycles. The molecule has 2 aromatic carbocycles. The van der Waals surface area contributed by atoms with Gasteiger partial charge in [-0.05, 0) is 49.2 Å². The number of carbonyl (C=O) groups excluding carboxylic acids is 1. The number of fused-ring (bicyclic) bond motifs is 1. The first-order chi connectivity index (χ1) is 11.7. The van der Waals surface area contributed by atoms with E-state index in [0.29, 0.717) is 12.1 Å². The predicted octanol–water partition coefficient (Wildman–Crippen LogP) is 3.17. The van der Waals surface area contributed by atoms with Crippen LogP contribution in [0.3, 0.4) is 0 Å². The summed E-state index contributed by atoms with van der Waals surface area (Å²) in [4.78, 5) is 12.1. The number of rotatable bonds is 6. The normalized spacial score (nSPS) is 10.8. The molecule has 1 aromatic heterocycles. The fourth-order valence-corrected chi connectivity index (χ4v) is 2.63. The number of nitrogens with one attached hydrogen (secondary N) is 1.